The average molecular weight is 525 g/mol. The van der Waals surface area contributed by atoms with Crippen LogP contribution in [0.1, 0.15) is 84.1 Å². The Morgan fingerprint density at radius 1 is 1.30 bits per heavy atom. The van der Waals surface area contributed by atoms with Crippen molar-refractivity contribution < 1.29 is 19.4 Å². The maximum Gasteiger partial charge on any atom is 0.337 e. The zero-order chi connectivity index (χ0) is 24.4. The quantitative estimate of drug-likeness (QED) is 0.444. The predicted octanol–water partition coefficient (Wildman–Crippen LogP) is 5.31. The van der Waals surface area contributed by atoms with Crippen LogP contribution >= 0.6 is 15.9 Å². The Morgan fingerprint density at radius 2 is 1.97 bits per heavy atom. The molecule has 1 unspecified atom stereocenters. The topological polar surface area (TPSA) is 89.2 Å². The summed E-state index contributed by atoms with van der Waals surface area (Å²) in [6.45, 7) is 14.0. The lowest BCUT2D eigenvalue weighted by molar-refractivity contribution is -0.160. The molecule has 2 aromatic heterocycles. The molecule has 0 aliphatic carbocycles. The molecule has 8 nitrogen and oxygen atoms in total. The van der Waals surface area contributed by atoms with E-state index in [0.717, 1.165) is 44.8 Å². The van der Waals surface area contributed by atoms with Crippen molar-refractivity contribution in [3.05, 3.63) is 21.9 Å². The van der Waals surface area contributed by atoms with Gasteiger partial charge in [-0.15, -0.1) is 0 Å². The lowest BCUT2D eigenvalue weighted by Gasteiger charge is -2.41. The number of unbranched alkanes of at least 4 members (excludes halogenated alkanes) is 2. The van der Waals surface area contributed by atoms with Crippen molar-refractivity contribution >= 4 is 33.4 Å². The number of hydrogen-bond acceptors (Lipinski definition) is 6. The second-order valence-electron chi connectivity index (χ2n) is 10.1. The van der Waals surface area contributed by atoms with Crippen molar-refractivity contribution in [1.82, 2.24) is 14.6 Å². The second-order valence-corrected chi connectivity index (χ2v) is 10.9. The Bertz CT molecular complexity index is 977. The third-order valence-electron chi connectivity index (χ3n) is 6.05. The van der Waals surface area contributed by atoms with E-state index in [2.05, 4.69) is 44.8 Å². The molecule has 3 rings (SSSR count). The zero-order valence-corrected chi connectivity index (χ0v) is 22.2. The summed E-state index contributed by atoms with van der Waals surface area (Å²) in [4.78, 5) is 19.2. The van der Waals surface area contributed by atoms with Gasteiger partial charge in [-0.3, -0.25) is 0 Å². The number of halogens is 1. The highest BCUT2D eigenvalue weighted by Gasteiger charge is 2.37. The number of carboxylic acids is 1. The molecule has 184 valence electrons. The number of nitrogens with zero attached hydrogens (tertiary/aromatic N) is 4. The van der Waals surface area contributed by atoms with Crippen LogP contribution in [0.15, 0.2) is 10.7 Å². The summed E-state index contributed by atoms with van der Waals surface area (Å²) in [5, 5.41) is 14.7. The molecule has 1 N–H and O–H groups in total. The first kappa shape index (κ1) is 25.9. The van der Waals surface area contributed by atoms with E-state index in [1.165, 1.54) is 12.8 Å². The van der Waals surface area contributed by atoms with Crippen LogP contribution in [0.5, 0.6) is 0 Å². The number of carboxylic acid groups (broad SMARTS) is 1. The number of ether oxygens (including phenoxy) is 2. The smallest absolute Gasteiger partial charge is 0.337 e. The summed E-state index contributed by atoms with van der Waals surface area (Å²) in [5.41, 5.74) is 1.03. The van der Waals surface area contributed by atoms with Gasteiger partial charge in [-0.25, -0.2) is 9.78 Å². The maximum absolute atomic E-state index is 12.4. The molecule has 9 heteroatoms. The van der Waals surface area contributed by atoms with E-state index >= 15 is 0 Å². The van der Waals surface area contributed by atoms with Gasteiger partial charge < -0.3 is 19.5 Å². The number of carbonyl (C=O) groups is 1. The molecule has 0 saturated carbocycles. The Kier molecular flexibility index (Phi) is 8.07. The van der Waals surface area contributed by atoms with Gasteiger partial charge in [0.15, 0.2) is 11.8 Å². The number of hydrogen-bond donors (Lipinski definition) is 1. The van der Waals surface area contributed by atoms with Crippen LogP contribution in [0.2, 0.25) is 0 Å². The first-order valence-electron chi connectivity index (χ1n) is 11.8. The van der Waals surface area contributed by atoms with Gasteiger partial charge in [0.2, 0.25) is 0 Å². The minimum absolute atomic E-state index is 0.176. The summed E-state index contributed by atoms with van der Waals surface area (Å²) in [7, 11) is 0. The van der Waals surface area contributed by atoms with Crippen molar-refractivity contribution in [2.75, 3.05) is 24.6 Å². The van der Waals surface area contributed by atoms with Gasteiger partial charge in [0.1, 0.15) is 10.4 Å². The Labute approximate surface area is 204 Å². The fraction of sp³-hybridized carbons (Fsp3) is 0.708. The monoisotopic (exact) mass is 524 g/mol. The molecule has 0 amide bonds. The molecular formula is C24H37BrN4O4. The summed E-state index contributed by atoms with van der Waals surface area (Å²) >= 11 is 3.45. The summed E-state index contributed by atoms with van der Waals surface area (Å²) in [6, 6.07) is 1.84. The van der Waals surface area contributed by atoms with Crippen LogP contribution in [0, 0.1) is 6.92 Å². The number of fused-ring (bicyclic) bond motifs is 1. The molecule has 0 spiro atoms. The van der Waals surface area contributed by atoms with E-state index in [0.29, 0.717) is 21.5 Å². The summed E-state index contributed by atoms with van der Waals surface area (Å²) in [5.74, 6) is -0.310. The molecule has 0 aromatic carbocycles. The molecule has 1 atom stereocenters. The van der Waals surface area contributed by atoms with Gasteiger partial charge in [0.05, 0.1) is 16.8 Å². The van der Waals surface area contributed by atoms with Crippen molar-refractivity contribution in [2.24, 2.45) is 0 Å². The van der Waals surface area contributed by atoms with E-state index < -0.39 is 17.7 Å². The molecule has 33 heavy (non-hydrogen) atoms. The molecule has 2 aromatic rings. The predicted molar refractivity (Wildman–Crippen MR) is 132 cm³/mol. The third-order valence-corrected chi connectivity index (χ3v) is 6.44. The van der Waals surface area contributed by atoms with Crippen LogP contribution in [-0.2, 0) is 14.3 Å². The first-order chi connectivity index (χ1) is 15.4. The van der Waals surface area contributed by atoms with Gasteiger partial charge in [-0.2, -0.15) is 9.61 Å². The van der Waals surface area contributed by atoms with Gasteiger partial charge in [0, 0.05) is 31.5 Å². The van der Waals surface area contributed by atoms with Gasteiger partial charge in [0.25, 0.3) is 0 Å². The molecule has 1 aliphatic heterocycles. The van der Waals surface area contributed by atoms with Crippen LogP contribution in [0.4, 0.5) is 5.82 Å². The number of piperidine rings is 1. The van der Waals surface area contributed by atoms with Crippen molar-refractivity contribution in [1.29, 1.82) is 0 Å². The Balaban J connectivity index is 1.98. The Morgan fingerprint density at radius 3 is 2.55 bits per heavy atom. The van der Waals surface area contributed by atoms with Gasteiger partial charge >= 0.3 is 5.97 Å². The average Bonchev–Trinajstić information content (AvgIpc) is 3.08. The molecule has 1 saturated heterocycles. The third kappa shape index (κ3) is 6.25. The highest BCUT2D eigenvalue weighted by atomic mass is 79.9. The number of rotatable bonds is 9. The minimum atomic E-state index is -1.15. The lowest BCUT2D eigenvalue weighted by Crippen LogP contribution is -2.46. The number of aromatic nitrogens is 3. The van der Waals surface area contributed by atoms with E-state index in [1.54, 1.807) is 4.52 Å². The Hall–Kier alpha value is -1.71. The molecule has 0 radical (unpaired) electrons. The van der Waals surface area contributed by atoms with Gasteiger partial charge in [-0.05, 0) is 69.8 Å². The van der Waals surface area contributed by atoms with E-state index in [1.807, 2.05) is 33.8 Å². The van der Waals surface area contributed by atoms with Crippen LogP contribution in [0.25, 0.3) is 5.65 Å². The molecule has 1 aliphatic rings. The normalized spacial score (nSPS) is 17.5. The fourth-order valence-electron chi connectivity index (χ4n) is 4.29. The zero-order valence-electron chi connectivity index (χ0n) is 20.7. The first-order valence-corrected chi connectivity index (χ1v) is 12.6. The van der Waals surface area contributed by atoms with Gasteiger partial charge in [-0.1, -0.05) is 19.8 Å². The van der Waals surface area contributed by atoms with E-state index in [4.69, 9.17) is 9.47 Å². The summed E-state index contributed by atoms with van der Waals surface area (Å²) in [6.07, 6.45) is 3.98. The van der Waals surface area contributed by atoms with Crippen molar-refractivity contribution in [2.45, 2.75) is 91.0 Å². The lowest BCUT2D eigenvalue weighted by atomic mass is 9.92. The highest BCUT2D eigenvalue weighted by Crippen LogP contribution is 2.37. The summed E-state index contributed by atoms with van der Waals surface area (Å²) < 4.78 is 14.7. The van der Waals surface area contributed by atoms with E-state index in [9.17, 15) is 9.90 Å². The van der Waals surface area contributed by atoms with Crippen LogP contribution in [-0.4, -0.2) is 56.6 Å². The molecule has 1 fully saturated rings. The fourth-order valence-corrected chi connectivity index (χ4v) is 4.65. The van der Waals surface area contributed by atoms with Crippen molar-refractivity contribution in [3.63, 3.8) is 0 Å². The molecule has 3 heterocycles. The largest absolute Gasteiger partial charge is 0.479 e. The number of anilines is 1. The number of aliphatic carboxylic acids is 1. The SMILES string of the molecule is CCCCCOC1(C)CCN(c2c(C(OC(C)(C)C)C(=O)O)c(C)nc3cc(Br)nn23)CC1. The molecule has 0 bridgehead atoms. The second kappa shape index (κ2) is 10.3. The highest BCUT2D eigenvalue weighted by molar-refractivity contribution is 9.10. The van der Waals surface area contributed by atoms with Crippen molar-refractivity contribution in [3.8, 4) is 0 Å². The minimum Gasteiger partial charge on any atom is -0.479 e. The van der Waals surface area contributed by atoms with E-state index in [-0.39, 0.29) is 5.60 Å². The standard InChI is InChI=1S/C24H37BrN4O4/c1-7-8-9-14-32-24(6)10-12-28(13-11-24)21-19(20(22(30)31)33-23(3,4)5)16(2)26-18-15-17(25)27-29(18)21/h15,20H,7-14H2,1-6H3,(H,30,31). The number of aryl methyl sites for hydroxylation is 1. The van der Waals surface area contributed by atoms with Crippen LogP contribution < -0.4 is 4.90 Å². The van der Waals surface area contributed by atoms with Crippen LogP contribution in [0.3, 0.4) is 0 Å². The molecular weight excluding hydrogens is 488 g/mol. The maximum atomic E-state index is 12.4.